The lowest BCUT2D eigenvalue weighted by Gasteiger charge is -2.14. The van der Waals surface area contributed by atoms with E-state index in [1.165, 1.54) is 31.4 Å². The highest BCUT2D eigenvalue weighted by atomic mass is 79.9. The van der Waals surface area contributed by atoms with Crippen LogP contribution < -0.4 is 9.47 Å². The third-order valence-corrected chi connectivity index (χ3v) is 6.24. The lowest BCUT2D eigenvalue weighted by atomic mass is 10.1. The number of cyclic esters (lactones) is 1. The standard InChI is InChI=1S/C24H15Br2ClN2O6/c1-33-21-10-14(8-18(26)22(21)34-12-13-3-2-4-15(25)7-13)9-20-24(30)35-23(28-20)17-6-5-16(29(31)32)11-19(17)27/h2-11H,12H2,1H3/b20-9-. The molecule has 1 aliphatic rings. The number of carbonyl (C=O) groups excluding carboxylic acids is 1. The second-order valence-electron chi connectivity index (χ2n) is 7.21. The number of hydrogen-bond donors (Lipinski definition) is 0. The zero-order valence-electron chi connectivity index (χ0n) is 18.0. The fourth-order valence-corrected chi connectivity index (χ4v) is 4.50. The van der Waals surface area contributed by atoms with Crippen molar-refractivity contribution in [3.8, 4) is 11.5 Å². The molecule has 0 atom stereocenters. The van der Waals surface area contributed by atoms with Crippen molar-refractivity contribution in [1.82, 2.24) is 0 Å². The van der Waals surface area contributed by atoms with Crippen molar-refractivity contribution in [2.75, 3.05) is 7.11 Å². The quantitative estimate of drug-likeness (QED) is 0.126. The van der Waals surface area contributed by atoms with Gasteiger partial charge in [0.15, 0.2) is 17.2 Å². The van der Waals surface area contributed by atoms with E-state index >= 15 is 0 Å². The van der Waals surface area contributed by atoms with E-state index in [0.29, 0.717) is 28.1 Å². The predicted molar refractivity (Wildman–Crippen MR) is 138 cm³/mol. The van der Waals surface area contributed by atoms with Gasteiger partial charge in [-0.15, -0.1) is 0 Å². The number of nitro benzene ring substituents is 1. The summed E-state index contributed by atoms with van der Waals surface area (Å²) in [5.41, 5.74) is 1.70. The van der Waals surface area contributed by atoms with E-state index in [1.54, 1.807) is 12.1 Å². The number of aliphatic imine (C=N–C) groups is 1. The van der Waals surface area contributed by atoms with Crippen molar-refractivity contribution < 1.29 is 23.9 Å². The average Bonchev–Trinajstić information content (AvgIpc) is 3.17. The number of rotatable bonds is 7. The summed E-state index contributed by atoms with van der Waals surface area (Å²) >= 11 is 13.1. The van der Waals surface area contributed by atoms with Crippen molar-refractivity contribution in [2.24, 2.45) is 4.99 Å². The molecule has 1 aliphatic heterocycles. The van der Waals surface area contributed by atoms with Crippen molar-refractivity contribution in [1.29, 1.82) is 0 Å². The van der Waals surface area contributed by atoms with Crippen LogP contribution in [0.3, 0.4) is 0 Å². The normalized spacial score (nSPS) is 14.0. The fourth-order valence-electron chi connectivity index (χ4n) is 3.22. The molecule has 35 heavy (non-hydrogen) atoms. The van der Waals surface area contributed by atoms with E-state index in [2.05, 4.69) is 36.9 Å². The average molecular weight is 623 g/mol. The number of hydrogen-bond acceptors (Lipinski definition) is 7. The number of methoxy groups -OCH3 is 1. The van der Waals surface area contributed by atoms with E-state index in [4.69, 9.17) is 25.8 Å². The molecule has 11 heteroatoms. The Morgan fingerprint density at radius 3 is 2.66 bits per heavy atom. The van der Waals surface area contributed by atoms with Crippen LogP contribution in [0, 0.1) is 10.1 Å². The first-order chi connectivity index (χ1) is 16.7. The smallest absolute Gasteiger partial charge is 0.363 e. The lowest BCUT2D eigenvalue weighted by Crippen LogP contribution is -2.06. The van der Waals surface area contributed by atoms with E-state index in [1.807, 2.05) is 24.3 Å². The molecule has 3 aromatic carbocycles. The van der Waals surface area contributed by atoms with E-state index in [-0.39, 0.29) is 27.9 Å². The third kappa shape index (κ3) is 5.72. The van der Waals surface area contributed by atoms with Gasteiger partial charge in [0.1, 0.15) is 6.61 Å². The van der Waals surface area contributed by atoms with Crippen molar-refractivity contribution in [2.45, 2.75) is 6.61 Å². The van der Waals surface area contributed by atoms with Gasteiger partial charge in [-0.2, -0.15) is 0 Å². The molecule has 0 saturated carbocycles. The van der Waals surface area contributed by atoms with E-state index < -0.39 is 10.9 Å². The van der Waals surface area contributed by atoms with Crippen LogP contribution in [0.4, 0.5) is 5.69 Å². The van der Waals surface area contributed by atoms with Crippen molar-refractivity contribution in [3.05, 3.63) is 101 Å². The summed E-state index contributed by atoms with van der Waals surface area (Å²) < 4.78 is 18.3. The maximum Gasteiger partial charge on any atom is 0.363 e. The Labute approximate surface area is 221 Å². The topological polar surface area (TPSA) is 100 Å². The van der Waals surface area contributed by atoms with Gasteiger partial charge in [0, 0.05) is 16.6 Å². The first-order valence-corrected chi connectivity index (χ1v) is 11.9. The SMILES string of the molecule is COc1cc(/C=C2\N=C(c3ccc([N+](=O)[O-])cc3Cl)OC2=O)cc(Br)c1OCc1cccc(Br)c1. The molecule has 0 aliphatic carbocycles. The zero-order chi connectivity index (χ0) is 25.1. The molecule has 178 valence electrons. The van der Waals surface area contributed by atoms with Gasteiger partial charge in [0.05, 0.1) is 27.1 Å². The number of non-ortho nitro benzene ring substituents is 1. The van der Waals surface area contributed by atoms with Crippen LogP contribution in [-0.4, -0.2) is 23.9 Å². The van der Waals surface area contributed by atoms with Gasteiger partial charge in [0.25, 0.3) is 5.69 Å². The highest BCUT2D eigenvalue weighted by molar-refractivity contribution is 9.10. The molecule has 3 aromatic rings. The molecule has 0 N–H and O–H groups in total. The molecular formula is C24H15Br2ClN2O6. The van der Waals surface area contributed by atoms with Gasteiger partial charge in [0.2, 0.25) is 5.90 Å². The molecule has 4 rings (SSSR count). The summed E-state index contributed by atoms with van der Waals surface area (Å²) in [7, 11) is 1.52. The number of esters is 1. The monoisotopic (exact) mass is 620 g/mol. The first kappa shape index (κ1) is 24.9. The summed E-state index contributed by atoms with van der Waals surface area (Å²) in [5.74, 6) is 0.237. The van der Waals surface area contributed by atoms with Crippen LogP contribution in [-0.2, 0) is 16.1 Å². The fraction of sp³-hybridized carbons (Fsp3) is 0.0833. The molecular weight excluding hydrogens is 608 g/mol. The van der Waals surface area contributed by atoms with Crippen molar-refractivity contribution in [3.63, 3.8) is 0 Å². The number of nitrogens with zero attached hydrogens (tertiary/aromatic N) is 2. The highest BCUT2D eigenvalue weighted by Crippen LogP contribution is 2.38. The Hall–Kier alpha value is -3.21. The summed E-state index contributed by atoms with van der Waals surface area (Å²) in [4.78, 5) is 27.0. The second-order valence-corrected chi connectivity index (χ2v) is 9.39. The molecule has 1 heterocycles. The van der Waals surface area contributed by atoms with Gasteiger partial charge in [-0.25, -0.2) is 9.79 Å². The van der Waals surface area contributed by atoms with Crippen LogP contribution >= 0.6 is 43.5 Å². The van der Waals surface area contributed by atoms with Gasteiger partial charge in [-0.3, -0.25) is 10.1 Å². The first-order valence-electron chi connectivity index (χ1n) is 9.97. The molecule has 8 nitrogen and oxygen atoms in total. The Morgan fingerprint density at radius 2 is 1.97 bits per heavy atom. The summed E-state index contributed by atoms with van der Waals surface area (Å²) in [6.45, 7) is 0.324. The lowest BCUT2D eigenvalue weighted by molar-refractivity contribution is -0.384. The summed E-state index contributed by atoms with van der Waals surface area (Å²) in [5, 5.41) is 11.0. The maximum atomic E-state index is 12.4. The molecule has 0 unspecified atom stereocenters. The van der Waals surface area contributed by atoms with Crippen LogP contribution in [0.2, 0.25) is 5.02 Å². The minimum absolute atomic E-state index is 0.0335. The third-order valence-electron chi connectivity index (χ3n) is 4.84. The molecule has 0 aromatic heterocycles. The van der Waals surface area contributed by atoms with E-state index in [9.17, 15) is 14.9 Å². The van der Waals surface area contributed by atoms with Crippen LogP contribution in [0.1, 0.15) is 16.7 Å². The maximum absolute atomic E-state index is 12.4. The highest BCUT2D eigenvalue weighted by Gasteiger charge is 2.27. The molecule has 0 saturated heterocycles. The number of ether oxygens (including phenoxy) is 3. The van der Waals surface area contributed by atoms with Crippen molar-refractivity contribution >= 4 is 67.1 Å². The Morgan fingerprint density at radius 1 is 1.17 bits per heavy atom. The molecule has 0 radical (unpaired) electrons. The van der Waals surface area contributed by atoms with E-state index in [0.717, 1.165) is 10.0 Å². The second kappa shape index (κ2) is 10.6. The zero-order valence-corrected chi connectivity index (χ0v) is 21.9. The van der Waals surface area contributed by atoms with Crippen LogP contribution in [0.5, 0.6) is 11.5 Å². The molecule has 0 fully saturated rings. The summed E-state index contributed by atoms with van der Waals surface area (Å²) in [6, 6.07) is 15.0. The molecule has 0 bridgehead atoms. The van der Waals surface area contributed by atoms with Crippen LogP contribution in [0.25, 0.3) is 6.08 Å². The number of benzene rings is 3. The van der Waals surface area contributed by atoms with Gasteiger partial charge in [-0.05, 0) is 63.5 Å². The van der Waals surface area contributed by atoms with Gasteiger partial charge >= 0.3 is 5.97 Å². The predicted octanol–water partition coefficient (Wildman–Crippen LogP) is 6.71. The van der Waals surface area contributed by atoms with Gasteiger partial charge in [-0.1, -0.05) is 39.7 Å². The molecule has 0 amide bonds. The Bertz CT molecular complexity index is 1410. The van der Waals surface area contributed by atoms with Crippen LogP contribution in [0.15, 0.2) is 74.2 Å². The van der Waals surface area contributed by atoms with Gasteiger partial charge < -0.3 is 14.2 Å². The largest absolute Gasteiger partial charge is 0.493 e. The Balaban J connectivity index is 1.60. The number of nitro groups is 1. The number of carbonyl (C=O) groups is 1. The minimum atomic E-state index is -0.681. The molecule has 0 spiro atoms. The number of halogens is 3. The Kier molecular flexibility index (Phi) is 7.54. The minimum Gasteiger partial charge on any atom is -0.493 e. The summed E-state index contributed by atoms with van der Waals surface area (Å²) in [6.07, 6.45) is 1.53.